The molecule has 10 nitrogen and oxygen atoms in total. The van der Waals surface area contributed by atoms with Gasteiger partial charge in [0.15, 0.2) is 0 Å². The molecule has 0 bridgehead atoms. The largest absolute Gasteiger partial charge is 2.00 e. The molecule has 0 saturated heterocycles. The minimum Gasteiger partial charge on any atom is -0.493 e. The van der Waals surface area contributed by atoms with Crippen molar-refractivity contribution in [1.82, 2.24) is 0 Å². The number of aliphatic hydroxyl groups is 8. The first-order chi connectivity index (χ1) is 33.8. The Hall–Kier alpha value is -2.31. The molecule has 6 unspecified atom stereocenters. The van der Waals surface area contributed by atoms with Crippen molar-refractivity contribution < 1.29 is 62.0 Å². The van der Waals surface area contributed by atoms with Crippen molar-refractivity contribution in [3.8, 4) is 0 Å². The predicted octanol–water partition coefficient (Wildman–Crippen LogP) is 12.3. The van der Waals surface area contributed by atoms with E-state index in [1.54, 1.807) is 6.07 Å². The Labute approximate surface area is 442 Å². The quantitative estimate of drug-likeness (QED) is 0.0143. The van der Waals surface area contributed by atoms with E-state index in [2.05, 4.69) is 73.6 Å². The van der Waals surface area contributed by atoms with E-state index in [1.165, 1.54) is 92.9 Å². The number of aliphatic hydroxyl groups excluding tert-OH is 8. The fourth-order valence-corrected chi connectivity index (χ4v) is 8.94. The molecule has 0 saturated carbocycles. The van der Waals surface area contributed by atoms with Gasteiger partial charge in [-0.3, -0.25) is 0 Å². The average Bonchev–Trinajstić information content (AvgIpc) is 3.64. The SMILES string of the molecule is CCCCC1=C(c2cc(CCCC)cc(CCCC)c2)[N+](=[N-])C(c2cc(CC(O)C(O)C(O)CO)cc(CC(O)C(O)C(O)CO)c2)=C1CCCC.[CH2-]CCCCCCCC.[CH2-]CCCCCCCC.[Ni+2]. The summed E-state index contributed by atoms with van der Waals surface area (Å²) in [4.78, 5) is 0. The molecule has 3 rings (SSSR count). The summed E-state index contributed by atoms with van der Waals surface area (Å²) >= 11 is 0. The van der Waals surface area contributed by atoms with Crippen LogP contribution in [0.1, 0.15) is 229 Å². The van der Waals surface area contributed by atoms with Crippen LogP contribution in [0.5, 0.6) is 0 Å². The van der Waals surface area contributed by atoms with Crippen LogP contribution in [0.3, 0.4) is 0 Å². The van der Waals surface area contributed by atoms with Crippen molar-refractivity contribution in [3.05, 3.63) is 100 Å². The van der Waals surface area contributed by atoms with Crippen molar-refractivity contribution in [1.29, 1.82) is 0 Å². The zero-order chi connectivity index (χ0) is 52.3. The van der Waals surface area contributed by atoms with Crippen LogP contribution in [-0.2, 0) is 42.2 Å². The second-order valence-corrected chi connectivity index (χ2v) is 19.7. The second kappa shape index (κ2) is 42.0. The van der Waals surface area contributed by atoms with Crippen molar-refractivity contribution in [2.24, 2.45) is 0 Å². The zero-order valence-corrected chi connectivity index (χ0v) is 46.3. The molecule has 1 aliphatic rings. The molecule has 0 radical (unpaired) electrons. The first kappa shape index (κ1) is 68.7. The van der Waals surface area contributed by atoms with Gasteiger partial charge in [0.25, 0.3) is 0 Å². The fraction of sp³-hybridized carbons (Fsp3) is 0.700. The van der Waals surface area contributed by atoms with Gasteiger partial charge < -0.3 is 60.2 Å². The molecule has 2 aromatic carbocycles. The number of rotatable bonds is 36. The van der Waals surface area contributed by atoms with Crippen molar-refractivity contribution in [2.75, 3.05) is 13.2 Å². The molecular formula is C60H102N2NiO8. The molecule has 2 aromatic rings. The van der Waals surface area contributed by atoms with Crippen molar-refractivity contribution in [2.45, 2.75) is 258 Å². The Bertz CT molecular complexity index is 1660. The van der Waals surface area contributed by atoms with Crippen LogP contribution in [0.25, 0.3) is 16.9 Å². The van der Waals surface area contributed by atoms with Crippen LogP contribution in [0.2, 0.25) is 0 Å². The number of aryl methyl sites for hydroxylation is 2. The summed E-state index contributed by atoms with van der Waals surface area (Å²) in [7, 11) is 0. The molecule has 0 aromatic heterocycles. The summed E-state index contributed by atoms with van der Waals surface area (Å²) in [5.74, 6) is 0. The Morgan fingerprint density at radius 1 is 0.408 bits per heavy atom. The summed E-state index contributed by atoms with van der Waals surface area (Å²) in [6.45, 7) is 19.3. The summed E-state index contributed by atoms with van der Waals surface area (Å²) < 4.78 is 1.29. The minimum absolute atomic E-state index is 0. The van der Waals surface area contributed by atoms with E-state index in [0.29, 0.717) is 28.8 Å². The van der Waals surface area contributed by atoms with Crippen LogP contribution >= 0.6 is 0 Å². The molecule has 71 heavy (non-hydrogen) atoms. The predicted molar refractivity (Wildman–Crippen MR) is 291 cm³/mol. The van der Waals surface area contributed by atoms with Crippen LogP contribution in [0.4, 0.5) is 0 Å². The van der Waals surface area contributed by atoms with Gasteiger partial charge in [0.1, 0.15) is 24.4 Å². The minimum atomic E-state index is -1.62. The van der Waals surface area contributed by atoms with Crippen molar-refractivity contribution >= 4 is 11.4 Å². The van der Waals surface area contributed by atoms with Crippen LogP contribution in [0.15, 0.2) is 47.5 Å². The van der Waals surface area contributed by atoms with E-state index in [9.17, 15) is 46.4 Å². The van der Waals surface area contributed by atoms with Gasteiger partial charge in [-0.15, -0.1) is 0 Å². The van der Waals surface area contributed by atoms with Gasteiger partial charge in [0, 0.05) is 35.1 Å². The summed E-state index contributed by atoms with van der Waals surface area (Å²) in [6, 6.07) is 12.0. The number of hydrogen-bond donors (Lipinski definition) is 8. The van der Waals surface area contributed by atoms with E-state index in [-0.39, 0.29) is 29.3 Å². The number of hydrogen-bond acceptors (Lipinski definition) is 8. The van der Waals surface area contributed by atoms with Crippen LogP contribution in [-0.4, -0.2) is 95.4 Å². The molecule has 0 fully saturated rings. The van der Waals surface area contributed by atoms with Gasteiger partial charge >= 0.3 is 16.5 Å². The van der Waals surface area contributed by atoms with Gasteiger partial charge in [0.05, 0.1) is 25.4 Å². The van der Waals surface area contributed by atoms with Gasteiger partial charge in [-0.1, -0.05) is 156 Å². The second-order valence-electron chi connectivity index (χ2n) is 19.7. The third-order valence-corrected chi connectivity index (χ3v) is 13.3. The molecule has 1 heterocycles. The zero-order valence-electron chi connectivity index (χ0n) is 45.3. The third kappa shape index (κ3) is 26.2. The molecule has 8 N–H and O–H groups in total. The van der Waals surface area contributed by atoms with Gasteiger partial charge in [-0.25, -0.2) is 4.70 Å². The Morgan fingerprint density at radius 3 is 1.03 bits per heavy atom. The Kier molecular flexibility index (Phi) is 40.6. The fourth-order valence-electron chi connectivity index (χ4n) is 8.94. The molecule has 1 aliphatic heterocycles. The molecular weight excluding hydrogens is 935 g/mol. The molecule has 0 amide bonds. The monoisotopic (exact) mass is 1040 g/mol. The number of allylic oxidation sites excluding steroid dienone is 2. The number of nitrogens with zero attached hydrogens (tertiary/aromatic N) is 2. The first-order valence-electron chi connectivity index (χ1n) is 27.9. The summed E-state index contributed by atoms with van der Waals surface area (Å²) in [5, 5.41) is 81.4. The average molecular weight is 1040 g/mol. The smallest absolute Gasteiger partial charge is 0.493 e. The van der Waals surface area contributed by atoms with Crippen LogP contribution in [0, 0.1) is 13.8 Å². The van der Waals surface area contributed by atoms with Gasteiger partial charge in [-0.2, -0.15) is 12.8 Å². The first-order valence-corrected chi connectivity index (χ1v) is 27.9. The molecule has 410 valence electrons. The third-order valence-electron chi connectivity index (χ3n) is 13.3. The molecule has 6 atom stereocenters. The topological polar surface area (TPSA) is 187 Å². The molecule has 11 heteroatoms. The number of benzene rings is 2. The van der Waals surface area contributed by atoms with Gasteiger partial charge in [-0.05, 0) is 97.9 Å². The number of unbranched alkanes of at least 4 members (excludes halogenated alkanes) is 16. The van der Waals surface area contributed by atoms with E-state index in [4.69, 9.17) is 0 Å². The van der Waals surface area contributed by atoms with Gasteiger partial charge in [0.2, 0.25) is 11.4 Å². The summed E-state index contributed by atoms with van der Waals surface area (Å²) in [5.41, 5.74) is 20.9. The Morgan fingerprint density at radius 2 is 0.704 bits per heavy atom. The molecule has 0 aliphatic carbocycles. The van der Waals surface area contributed by atoms with Crippen molar-refractivity contribution in [3.63, 3.8) is 0 Å². The normalized spacial score (nSPS) is 15.1. The van der Waals surface area contributed by atoms with Crippen LogP contribution < -0.4 is 0 Å². The van der Waals surface area contributed by atoms with E-state index < -0.39 is 49.8 Å². The van der Waals surface area contributed by atoms with E-state index in [1.807, 2.05) is 12.1 Å². The standard InChI is InChI=1S/C42H64N2O8.2C9H19.Ni/c1-5-9-13-27-17-28(14-10-6-2)20-31(19-27)39-33(15-11-7-3)34(16-12-8-4)40(44(39)43)32-21-29(23-35(47)41(51)37(49)25-45)18-30(22-32)24-36(48)42(52)38(50)26-46;2*1-3-5-7-9-8-6-4-2;/h17-22,35-38,41-42,45-52H,5-16,23-26H2,1-4H3;2*1,3-9H2,2H3;/q;2*-1;+2. The maximum Gasteiger partial charge on any atom is 2.00 e. The Balaban J connectivity index is 0.00000217. The van der Waals surface area contributed by atoms with E-state index in [0.717, 1.165) is 106 Å². The molecule has 0 spiro atoms. The maximum absolute atomic E-state index is 12.4. The summed E-state index contributed by atoms with van der Waals surface area (Å²) in [6.07, 6.45) is 20.7. The maximum atomic E-state index is 12.4. The van der Waals surface area contributed by atoms with E-state index >= 15 is 0 Å².